The second kappa shape index (κ2) is 14.2. The summed E-state index contributed by atoms with van der Waals surface area (Å²) in [5.74, 6) is -1.13. The van der Waals surface area contributed by atoms with Gasteiger partial charge in [0, 0.05) is 40.2 Å². The van der Waals surface area contributed by atoms with Crippen molar-refractivity contribution in [2.45, 2.75) is 58.0 Å². The maximum atomic E-state index is 14.6. The van der Waals surface area contributed by atoms with Crippen molar-refractivity contribution in [2.75, 3.05) is 11.9 Å². The normalized spacial score (nSPS) is 17.2. The molecule has 1 aromatic heterocycles. The molecule has 1 heterocycles. The van der Waals surface area contributed by atoms with Crippen LogP contribution < -0.4 is 21.7 Å². The summed E-state index contributed by atoms with van der Waals surface area (Å²) < 4.78 is 14.6. The number of halogens is 2. The molecule has 1 saturated carbocycles. The fourth-order valence-electron chi connectivity index (χ4n) is 5.76. The Morgan fingerprint density at radius 2 is 1.76 bits per heavy atom. The van der Waals surface area contributed by atoms with Crippen LogP contribution in [-0.2, 0) is 16.0 Å². The van der Waals surface area contributed by atoms with Gasteiger partial charge < -0.3 is 21.7 Å². The van der Waals surface area contributed by atoms with Crippen molar-refractivity contribution in [3.05, 3.63) is 82.8 Å². The van der Waals surface area contributed by atoms with Crippen LogP contribution in [0.15, 0.2) is 60.8 Å². The average Bonchev–Trinajstić information content (AvgIpc) is 3.50. The summed E-state index contributed by atoms with van der Waals surface area (Å²) in [7, 11) is 0. The van der Waals surface area contributed by atoms with E-state index < -0.39 is 17.8 Å². The van der Waals surface area contributed by atoms with Crippen LogP contribution in [0.25, 0.3) is 22.0 Å². The van der Waals surface area contributed by atoms with E-state index in [1.165, 1.54) is 12.3 Å². The van der Waals surface area contributed by atoms with Gasteiger partial charge in [0.2, 0.25) is 11.8 Å². The van der Waals surface area contributed by atoms with E-state index >= 15 is 0 Å². The number of hydrogen-bond acceptors (Lipinski definition) is 5. The summed E-state index contributed by atoms with van der Waals surface area (Å²) in [6.07, 6.45) is 4.79. The van der Waals surface area contributed by atoms with Crippen LogP contribution >= 0.6 is 11.6 Å². The van der Waals surface area contributed by atoms with E-state index in [4.69, 9.17) is 17.3 Å². The Kier molecular flexibility index (Phi) is 10.1. The third kappa shape index (κ3) is 7.87. The minimum atomic E-state index is -0.904. The number of carbonyl (C=O) groups is 3. The summed E-state index contributed by atoms with van der Waals surface area (Å²) in [4.78, 5) is 39.3. The number of carbonyl (C=O) groups excluding carboxylic acids is 3. The van der Waals surface area contributed by atoms with Crippen molar-refractivity contribution in [1.29, 1.82) is 0 Å². The Balaban J connectivity index is 1.33. The number of aromatic nitrogens is 2. The van der Waals surface area contributed by atoms with E-state index in [2.05, 4.69) is 26.1 Å². The van der Waals surface area contributed by atoms with Gasteiger partial charge in [-0.05, 0) is 87.4 Å². The Morgan fingerprint density at radius 3 is 2.42 bits per heavy atom. The van der Waals surface area contributed by atoms with Crippen LogP contribution in [0.1, 0.15) is 55.5 Å². The molecule has 1 atom stereocenters. The van der Waals surface area contributed by atoms with Crippen LogP contribution in [0.4, 0.5) is 10.1 Å². The lowest BCUT2D eigenvalue weighted by atomic mass is 9.81. The van der Waals surface area contributed by atoms with Gasteiger partial charge >= 0.3 is 0 Å². The van der Waals surface area contributed by atoms with Crippen LogP contribution in [0.5, 0.6) is 0 Å². The zero-order chi connectivity index (χ0) is 32.1. The molecular formula is C34H38ClFN6O3. The first-order valence-electron chi connectivity index (χ1n) is 15.2. The maximum Gasteiger partial charge on any atom is 0.251 e. The number of rotatable bonds is 10. The molecule has 11 heteroatoms. The Morgan fingerprint density at radius 1 is 1.02 bits per heavy atom. The number of benzene rings is 3. The zero-order valence-corrected chi connectivity index (χ0v) is 26.1. The lowest BCUT2D eigenvalue weighted by Gasteiger charge is -2.28. The predicted molar refractivity (Wildman–Crippen MR) is 174 cm³/mol. The van der Waals surface area contributed by atoms with Gasteiger partial charge in [0.05, 0.1) is 17.1 Å². The topological polar surface area (TPSA) is 142 Å². The Labute approximate surface area is 266 Å². The summed E-state index contributed by atoms with van der Waals surface area (Å²) in [5, 5.41) is 15.9. The summed E-state index contributed by atoms with van der Waals surface area (Å²) in [5.41, 5.74) is 9.41. The molecule has 5 rings (SSSR count). The number of nitrogens with one attached hydrogen (secondary N) is 4. The van der Waals surface area contributed by atoms with E-state index in [1.807, 2.05) is 38.1 Å². The van der Waals surface area contributed by atoms with Crippen molar-refractivity contribution in [1.82, 2.24) is 20.8 Å². The largest absolute Gasteiger partial charge is 0.350 e. The van der Waals surface area contributed by atoms with Gasteiger partial charge in [-0.25, -0.2) is 4.39 Å². The van der Waals surface area contributed by atoms with Crippen molar-refractivity contribution in [2.24, 2.45) is 17.6 Å². The summed E-state index contributed by atoms with van der Waals surface area (Å²) in [6.45, 7) is 4.39. The van der Waals surface area contributed by atoms with E-state index in [9.17, 15) is 18.8 Å². The number of nitrogens with two attached hydrogens (primary N) is 1. The molecule has 0 bridgehead atoms. The number of anilines is 1. The van der Waals surface area contributed by atoms with Gasteiger partial charge in [0.25, 0.3) is 5.91 Å². The third-order valence-corrected chi connectivity index (χ3v) is 8.63. The molecule has 0 spiro atoms. The van der Waals surface area contributed by atoms with E-state index in [0.717, 1.165) is 42.4 Å². The first kappa shape index (κ1) is 32.1. The number of nitrogens with zero attached hydrogens (tertiary/aromatic N) is 1. The average molecular weight is 633 g/mol. The van der Waals surface area contributed by atoms with Crippen molar-refractivity contribution >= 4 is 45.9 Å². The minimum Gasteiger partial charge on any atom is -0.350 e. The van der Waals surface area contributed by atoms with Gasteiger partial charge in [-0.1, -0.05) is 41.9 Å². The number of aromatic amines is 1. The highest BCUT2D eigenvalue weighted by molar-refractivity contribution is 6.33. The molecule has 3 aromatic carbocycles. The lowest BCUT2D eigenvalue weighted by molar-refractivity contribution is -0.130. The number of amides is 3. The highest BCUT2D eigenvalue weighted by atomic mass is 35.5. The highest BCUT2D eigenvalue weighted by Crippen LogP contribution is 2.30. The Bertz CT molecular complexity index is 1680. The number of H-pyrrole nitrogens is 1. The molecule has 3 amide bonds. The second-order valence-electron chi connectivity index (χ2n) is 12.0. The van der Waals surface area contributed by atoms with Crippen LogP contribution in [0, 0.1) is 17.7 Å². The van der Waals surface area contributed by atoms with Crippen LogP contribution in [0.3, 0.4) is 0 Å². The Hall–Kier alpha value is -4.28. The summed E-state index contributed by atoms with van der Waals surface area (Å²) >= 11 is 6.56. The van der Waals surface area contributed by atoms with Crippen molar-refractivity contribution in [3.63, 3.8) is 0 Å². The smallest absolute Gasteiger partial charge is 0.251 e. The minimum absolute atomic E-state index is 0.00606. The molecule has 4 aromatic rings. The molecule has 9 nitrogen and oxygen atoms in total. The monoisotopic (exact) mass is 632 g/mol. The van der Waals surface area contributed by atoms with Crippen LogP contribution in [-0.4, -0.2) is 46.5 Å². The third-order valence-electron chi connectivity index (χ3n) is 8.32. The van der Waals surface area contributed by atoms with Gasteiger partial charge in [-0.2, -0.15) is 5.10 Å². The number of hydrogen-bond donors (Lipinski definition) is 5. The molecule has 0 aliphatic heterocycles. The molecule has 1 aliphatic carbocycles. The first-order chi connectivity index (χ1) is 21.6. The zero-order valence-electron chi connectivity index (χ0n) is 25.3. The SMILES string of the molecule is CC(C)NC(=O)c1ccc(-c2ccc(C[C@H](NC(=O)C3CCC(CN)CC3)C(=O)Nc3cc(F)c4cn[nH]c4c3)cc2)c(Cl)c1. The van der Waals surface area contributed by atoms with Crippen LogP contribution in [0.2, 0.25) is 5.02 Å². The highest BCUT2D eigenvalue weighted by Gasteiger charge is 2.29. The molecule has 0 unspecified atom stereocenters. The molecule has 1 aliphatic rings. The van der Waals surface area contributed by atoms with Gasteiger partial charge in [-0.3, -0.25) is 19.5 Å². The van der Waals surface area contributed by atoms with E-state index in [0.29, 0.717) is 34.0 Å². The standard InChI is InChI=1S/C34H38ClFN6O3/c1-19(2)39-33(44)24-11-12-26(28(35)14-24)22-7-3-20(4-8-22)13-31(41-32(43)23-9-5-21(17-37)6-10-23)34(45)40-25-15-29(36)27-18-38-42-30(27)16-25/h3-4,7-8,11-12,14-16,18-19,21,23,31H,5-6,9-10,13,17,37H2,1-2H3,(H,38,42)(H,39,44)(H,40,45)(H,41,43)/t21?,23?,31-/m0/s1. The second-order valence-corrected chi connectivity index (χ2v) is 12.4. The molecule has 0 saturated heterocycles. The van der Waals surface area contributed by atoms with Crippen molar-refractivity contribution < 1.29 is 18.8 Å². The molecule has 1 fully saturated rings. The lowest BCUT2D eigenvalue weighted by Crippen LogP contribution is -2.48. The molecular weight excluding hydrogens is 595 g/mol. The summed E-state index contributed by atoms with van der Waals surface area (Å²) in [6, 6.07) is 14.6. The molecule has 45 heavy (non-hydrogen) atoms. The van der Waals surface area contributed by atoms with Crippen molar-refractivity contribution in [3.8, 4) is 11.1 Å². The predicted octanol–water partition coefficient (Wildman–Crippen LogP) is 5.59. The van der Waals surface area contributed by atoms with Gasteiger partial charge in [0.15, 0.2) is 0 Å². The first-order valence-corrected chi connectivity index (χ1v) is 15.6. The fraction of sp³-hybridized carbons (Fsp3) is 0.353. The molecule has 236 valence electrons. The number of fused-ring (bicyclic) bond motifs is 1. The maximum absolute atomic E-state index is 14.6. The van der Waals surface area contributed by atoms with Gasteiger partial charge in [-0.15, -0.1) is 0 Å². The molecule has 6 N–H and O–H groups in total. The molecule has 0 radical (unpaired) electrons. The quantitative estimate of drug-likeness (QED) is 0.155. The fourth-order valence-corrected chi connectivity index (χ4v) is 6.05. The van der Waals surface area contributed by atoms with E-state index in [-0.39, 0.29) is 35.9 Å². The van der Waals surface area contributed by atoms with E-state index in [1.54, 1.807) is 24.3 Å². The van der Waals surface area contributed by atoms with Gasteiger partial charge in [0.1, 0.15) is 11.9 Å².